The fourth-order valence-electron chi connectivity index (χ4n) is 1.24. The lowest BCUT2D eigenvalue weighted by Crippen LogP contribution is -1.91. The second kappa shape index (κ2) is 4.63. The summed E-state index contributed by atoms with van der Waals surface area (Å²) in [5.74, 6) is 0.682. The molecule has 0 unspecified atom stereocenters. The van der Waals surface area contributed by atoms with Gasteiger partial charge in [-0.25, -0.2) is 4.98 Å². The molecule has 0 saturated heterocycles. The van der Waals surface area contributed by atoms with Crippen molar-refractivity contribution in [2.75, 3.05) is 7.11 Å². The molecular weight excluding hydrogens is 249 g/mol. The molecule has 4 nitrogen and oxygen atoms in total. The first-order valence-corrected chi connectivity index (χ1v) is 5.15. The van der Waals surface area contributed by atoms with E-state index in [0.29, 0.717) is 16.5 Å². The molecule has 0 amide bonds. The highest BCUT2D eigenvalue weighted by Gasteiger charge is 2.07. The molecule has 2 rings (SSSR count). The standard InChI is InChI=1S/C10H7Cl2N3O/c1-16-6-2-3-7(8(11)4-6)9-5-13-15-10(12)14-9/h2-5H,1H3. The Morgan fingerprint density at radius 3 is 2.69 bits per heavy atom. The minimum atomic E-state index is 0.0874. The Labute approximate surface area is 102 Å². The topological polar surface area (TPSA) is 47.9 Å². The largest absolute Gasteiger partial charge is 0.497 e. The second-order valence-corrected chi connectivity index (χ2v) is 3.70. The number of nitrogens with zero attached hydrogens (tertiary/aromatic N) is 3. The van der Waals surface area contributed by atoms with Gasteiger partial charge in [0.1, 0.15) is 5.75 Å². The second-order valence-electron chi connectivity index (χ2n) is 2.96. The Kier molecular flexibility index (Phi) is 3.22. The van der Waals surface area contributed by atoms with Crippen LogP contribution in [0.4, 0.5) is 0 Å². The van der Waals surface area contributed by atoms with Crippen LogP contribution in [-0.4, -0.2) is 22.3 Å². The smallest absolute Gasteiger partial charge is 0.243 e. The molecule has 0 aliphatic heterocycles. The molecule has 0 fully saturated rings. The van der Waals surface area contributed by atoms with E-state index in [1.54, 1.807) is 25.3 Å². The molecule has 0 bridgehead atoms. The van der Waals surface area contributed by atoms with Crippen molar-refractivity contribution >= 4 is 23.2 Å². The maximum atomic E-state index is 6.08. The lowest BCUT2D eigenvalue weighted by molar-refractivity contribution is 0.415. The third-order valence-corrected chi connectivity index (χ3v) is 2.46. The molecule has 0 aliphatic carbocycles. The van der Waals surface area contributed by atoms with Gasteiger partial charge < -0.3 is 4.74 Å². The molecule has 1 aromatic carbocycles. The Morgan fingerprint density at radius 1 is 1.25 bits per heavy atom. The van der Waals surface area contributed by atoms with Crippen molar-refractivity contribution < 1.29 is 4.74 Å². The third kappa shape index (κ3) is 2.23. The quantitative estimate of drug-likeness (QED) is 0.828. The first-order chi connectivity index (χ1) is 7.70. The molecule has 1 heterocycles. The van der Waals surface area contributed by atoms with Crippen LogP contribution >= 0.6 is 23.2 Å². The number of ether oxygens (including phenoxy) is 1. The van der Waals surface area contributed by atoms with Crippen molar-refractivity contribution in [1.29, 1.82) is 0 Å². The van der Waals surface area contributed by atoms with E-state index in [1.165, 1.54) is 6.20 Å². The van der Waals surface area contributed by atoms with Crippen LogP contribution in [0.25, 0.3) is 11.3 Å². The zero-order valence-corrected chi connectivity index (χ0v) is 9.83. The first-order valence-electron chi connectivity index (χ1n) is 4.40. The van der Waals surface area contributed by atoms with Crippen molar-refractivity contribution in [2.24, 2.45) is 0 Å². The molecule has 6 heteroatoms. The SMILES string of the molecule is COc1ccc(-c2cnnc(Cl)n2)c(Cl)c1. The van der Waals surface area contributed by atoms with Gasteiger partial charge in [0.05, 0.1) is 24.0 Å². The van der Waals surface area contributed by atoms with Gasteiger partial charge in [0.25, 0.3) is 0 Å². The summed E-state index contributed by atoms with van der Waals surface area (Å²) < 4.78 is 5.05. The molecule has 16 heavy (non-hydrogen) atoms. The Bertz CT molecular complexity index is 519. The van der Waals surface area contributed by atoms with Crippen molar-refractivity contribution in [3.8, 4) is 17.0 Å². The van der Waals surface area contributed by atoms with E-state index < -0.39 is 0 Å². The van der Waals surface area contributed by atoms with Gasteiger partial charge in [0.15, 0.2) is 0 Å². The molecule has 82 valence electrons. The number of aromatic nitrogens is 3. The summed E-state index contributed by atoms with van der Waals surface area (Å²) in [5, 5.41) is 7.89. The van der Waals surface area contributed by atoms with Crippen LogP contribution in [0, 0.1) is 0 Å². The zero-order valence-electron chi connectivity index (χ0n) is 8.32. The Morgan fingerprint density at radius 2 is 2.06 bits per heavy atom. The Hall–Kier alpha value is -1.39. The average molecular weight is 256 g/mol. The van der Waals surface area contributed by atoms with Gasteiger partial charge in [-0.15, -0.1) is 5.10 Å². The van der Waals surface area contributed by atoms with Gasteiger partial charge in [-0.1, -0.05) is 11.6 Å². The van der Waals surface area contributed by atoms with Gasteiger partial charge in [-0.2, -0.15) is 5.10 Å². The van der Waals surface area contributed by atoms with Crippen LogP contribution in [0.5, 0.6) is 5.75 Å². The summed E-state index contributed by atoms with van der Waals surface area (Å²) in [6.07, 6.45) is 1.50. The van der Waals surface area contributed by atoms with E-state index in [2.05, 4.69) is 15.2 Å². The normalized spacial score (nSPS) is 10.2. The summed E-state index contributed by atoms with van der Waals surface area (Å²) in [5.41, 5.74) is 1.31. The summed E-state index contributed by atoms with van der Waals surface area (Å²) in [7, 11) is 1.58. The average Bonchev–Trinajstić information content (AvgIpc) is 2.28. The predicted molar refractivity (Wildman–Crippen MR) is 61.8 cm³/mol. The molecule has 0 spiro atoms. The zero-order chi connectivity index (χ0) is 11.5. The number of rotatable bonds is 2. The van der Waals surface area contributed by atoms with E-state index in [-0.39, 0.29) is 5.28 Å². The minimum absolute atomic E-state index is 0.0874. The monoisotopic (exact) mass is 255 g/mol. The van der Waals surface area contributed by atoms with E-state index in [9.17, 15) is 0 Å². The van der Waals surface area contributed by atoms with Crippen molar-refractivity contribution in [3.05, 3.63) is 34.7 Å². The fourth-order valence-corrected chi connectivity index (χ4v) is 1.64. The highest BCUT2D eigenvalue weighted by molar-refractivity contribution is 6.33. The van der Waals surface area contributed by atoms with Gasteiger partial charge in [-0.05, 0) is 29.8 Å². The van der Waals surface area contributed by atoms with Crippen LogP contribution < -0.4 is 4.74 Å². The molecule has 0 saturated carbocycles. The molecule has 0 aliphatic rings. The number of methoxy groups -OCH3 is 1. The lowest BCUT2D eigenvalue weighted by atomic mass is 10.1. The summed E-state index contributed by atoms with van der Waals surface area (Å²) in [6.45, 7) is 0. The Balaban J connectivity index is 2.48. The molecule has 1 aromatic heterocycles. The van der Waals surface area contributed by atoms with Crippen LogP contribution in [0.1, 0.15) is 0 Å². The van der Waals surface area contributed by atoms with Gasteiger partial charge >= 0.3 is 0 Å². The molecule has 0 N–H and O–H groups in total. The molecule has 0 radical (unpaired) electrons. The lowest BCUT2D eigenvalue weighted by Gasteiger charge is -2.05. The summed E-state index contributed by atoms with van der Waals surface area (Å²) in [6, 6.07) is 5.28. The van der Waals surface area contributed by atoms with Crippen molar-refractivity contribution in [2.45, 2.75) is 0 Å². The highest BCUT2D eigenvalue weighted by atomic mass is 35.5. The van der Waals surface area contributed by atoms with Gasteiger partial charge in [0.2, 0.25) is 5.28 Å². The third-order valence-electron chi connectivity index (χ3n) is 1.99. The van der Waals surface area contributed by atoms with Crippen LogP contribution in [-0.2, 0) is 0 Å². The first kappa shape index (κ1) is 11.1. The predicted octanol–water partition coefficient (Wildman–Crippen LogP) is 2.85. The number of benzene rings is 1. The maximum absolute atomic E-state index is 6.08. The molecule has 2 aromatic rings. The summed E-state index contributed by atoms with van der Waals surface area (Å²) in [4.78, 5) is 4.03. The van der Waals surface area contributed by atoms with Crippen LogP contribution in [0.15, 0.2) is 24.4 Å². The van der Waals surface area contributed by atoms with E-state index >= 15 is 0 Å². The number of hydrogen-bond acceptors (Lipinski definition) is 4. The van der Waals surface area contributed by atoms with Gasteiger partial charge in [-0.3, -0.25) is 0 Å². The molecule has 0 atom stereocenters. The fraction of sp³-hybridized carbons (Fsp3) is 0.100. The highest BCUT2D eigenvalue weighted by Crippen LogP contribution is 2.29. The van der Waals surface area contributed by atoms with E-state index in [0.717, 1.165) is 5.56 Å². The van der Waals surface area contributed by atoms with Crippen molar-refractivity contribution in [3.63, 3.8) is 0 Å². The van der Waals surface area contributed by atoms with E-state index in [4.69, 9.17) is 27.9 Å². The van der Waals surface area contributed by atoms with E-state index in [1.807, 2.05) is 0 Å². The van der Waals surface area contributed by atoms with Crippen LogP contribution in [0.2, 0.25) is 10.3 Å². The van der Waals surface area contributed by atoms with Gasteiger partial charge in [0, 0.05) is 5.56 Å². The van der Waals surface area contributed by atoms with Crippen molar-refractivity contribution in [1.82, 2.24) is 15.2 Å². The summed E-state index contributed by atoms with van der Waals surface area (Å²) >= 11 is 11.7. The van der Waals surface area contributed by atoms with Crippen LogP contribution in [0.3, 0.4) is 0 Å². The number of hydrogen-bond donors (Lipinski definition) is 0. The maximum Gasteiger partial charge on any atom is 0.243 e. The minimum Gasteiger partial charge on any atom is -0.497 e. The number of halogens is 2. The molecular formula is C10H7Cl2N3O.